The minimum absolute atomic E-state index is 0.0267. The number of nitriles is 1. The quantitative estimate of drug-likeness (QED) is 0.934. The highest BCUT2D eigenvalue weighted by Gasteiger charge is 2.14. The second-order valence-corrected chi connectivity index (χ2v) is 4.00. The number of carboxylic acid groups (broad SMARTS) is 1. The van der Waals surface area contributed by atoms with Gasteiger partial charge in [-0.2, -0.15) is 5.26 Å². The van der Waals surface area contributed by atoms with E-state index in [2.05, 4.69) is 0 Å². The molecule has 0 amide bonds. The lowest BCUT2D eigenvalue weighted by Crippen LogP contribution is -1.99. The van der Waals surface area contributed by atoms with Crippen molar-refractivity contribution < 1.29 is 23.8 Å². The zero-order valence-corrected chi connectivity index (χ0v) is 11.0. The number of aromatic carboxylic acids is 1. The van der Waals surface area contributed by atoms with Crippen LogP contribution in [0.4, 0.5) is 4.39 Å². The van der Waals surface area contributed by atoms with Crippen molar-refractivity contribution in [1.82, 2.24) is 0 Å². The molecule has 0 bridgehead atoms. The summed E-state index contributed by atoms with van der Waals surface area (Å²) in [5.41, 5.74) is -0.208. The van der Waals surface area contributed by atoms with Crippen LogP contribution in [0.2, 0.25) is 0 Å². The monoisotopic (exact) mass is 287 g/mol. The number of methoxy groups -OCH3 is 1. The van der Waals surface area contributed by atoms with Crippen molar-refractivity contribution in [2.45, 2.75) is 0 Å². The average Bonchev–Trinajstić information content (AvgIpc) is 2.47. The van der Waals surface area contributed by atoms with Crippen LogP contribution < -0.4 is 9.47 Å². The minimum Gasteiger partial charge on any atom is -0.493 e. The maximum absolute atomic E-state index is 13.5. The van der Waals surface area contributed by atoms with E-state index in [0.717, 1.165) is 6.07 Å². The third-order valence-corrected chi connectivity index (χ3v) is 2.72. The number of carboxylic acids is 1. The maximum Gasteiger partial charge on any atom is 0.335 e. The molecule has 0 aliphatic carbocycles. The van der Waals surface area contributed by atoms with E-state index in [4.69, 9.17) is 19.8 Å². The zero-order valence-electron chi connectivity index (χ0n) is 11.0. The molecule has 106 valence electrons. The van der Waals surface area contributed by atoms with Crippen molar-refractivity contribution in [2.75, 3.05) is 7.11 Å². The van der Waals surface area contributed by atoms with Crippen molar-refractivity contribution in [3.63, 3.8) is 0 Å². The van der Waals surface area contributed by atoms with Crippen LogP contribution in [0.25, 0.3) is 0 Å². The standard InChI is InChI=1S/C15H10FNO4/c1-20-14-7-9(15(18)19)5-6-13(14)21-12-4-2-3-11(16)10(12)8-17/h2-7H,1H3,(H,18,19). The Morgan fingerprint density at radius 1 is 1.24 bits per heavy atom. The molecule has 21 heavy (non-hydrogen) atoms. The fraction of sp³-hybridized carbons (Fsp3) is 0.0667. The van der Waals surface area contributed by atoms with Crippen molar-refractivity contribution in [3.05, 3.63) is 53.3 Å². The summed E-state index contributed by atoms with van der Waals surface area (Å²) in [6, 6.07) is 9.70. The van der Waals surface area contributed by atoms with Gasteiger partial charge in [-0.15, -0.1) is 0 Å². The third-order valence-electron chi connectivity index (χ3n) is 2.72. The topological polar surface area (TPSA) is 79.6 Å². The molecule has 6 heteroatoms. The molecule has 0 saturated carbocycles. The summed E-state index contributed by atoms with van der Waals surface area (Å²) in [4.78, 5) is 10.9. The largest absolute Gasteiger partial charge is 0.493 e. The Kier molecular flexibility index (Phi) is 4.05. The third kappa shape index (κ3) is 2.92. The Bertz CT molecular complexity index is 737. The van der Waals surface area contributed by atoms with Gasteiger partial charge in [0.2, 0.25) is 0 Å². The summed E-state index contributed by atoms with van der Waals surface area (Å²) < 4.78 is 24.0. The molecule has 2 aromatic carbocycles. The van der Waals surface area contributed by atoms with Gasteiger partial charge in [-0.05, 0) is 30.3 Å². The van der Waals surface area contributed by atoms with Crippen LogP contribution >= 0.6 is 0 Å². The van der Waals surface area contributed by atoms with Crippen molar-refractivity contribution in [1.29, 1.82) is 5.26 Å². The molecule has 2 rings (SSSR count). The maximum atomic E-state index is 13.5. The van der Waals surface area contributed by atoms with E-state index in [1.807, 2.05) is 0 Å². The zero-order chi connectivity index (χ0) is 15.4. The normalized spacial score (nSPS) is 9.76. The molecule has 0 radical (unpaired) electrons. The second kappa shape index (κ2) is 5.92. The lowest BCUT2D eigenvalue weighted by molar-refractivity contribution is 0.0696. The van der Waals surface area contributed by atoms with Gasteiger partial charge in [0.15, 0.2) is 11.5 Å². The summed E-state index contributed by atoms with van der Waals surface area (Å²) in [6.07, 6.45) is 0. The van der Waals surface area contributed by atoms with E-state index in [9.17, 15) is 9.18 Å². The number of halogens is 1. The number of benzene rings is 2. The fourth-order valence-corrected chi connectivity index (χ4v) is 1.70. The Morgan fingerprint density at radius 2 is 2.00 bits per heavy atom. The Hall–Kier alpha value is -3.07. The molecule has 0 fully saturated rings. The number of carbonyl (C=O) groups is 1. The SMILES string of the molecule is COc1cc(C(=O)O)ccc1Oc1cccc(F)c1C#N. The molecule has 0 atom stereocenters. The van der Waals surface area contributed by atoms with Gasteiger partial charge >= 0.3 is 5.97 Å². The number of nitrogens with zero attached hydrogens (tertiary/aromatic N) is 1. The van der Waals surface area contributed by atoms with Crippen LogP contribution in [0.15, 0.2) is 36.4 Å². The molecule has 1 N–H and O–H groups in total. The number of ether oxygens (including phenoxy) is 2. The molecule has 0 unspecified atom stereocenters. The van der Waals surface area contributed by atoms with Gasteiger partial charge in [-0.1, -0.05) is 6.07 Å². The van der Waals surface area contributed by atoms with Crippen molar-refractivity contribution in [3.8, 4) is 23.3 Å². The van der Waals surface area contributed by atoms with Gasteiger partial charge < -0.3 is 14.6 Å². The van der Waals surface area contributed by atoms with Gasteiger partial charge in [-0.25, -0.2) is 9.18 Å². The van der Waals surface area contributed by atoms with E-state index in [1.165, 1.54) is 37.4 Å². The fourth-order valence-electron chi connectivity index (χ4n) is 1.70. The first kappa shape index (κ1) is 14.3. The predicted molar refractivity (Wildman–Crippen MR) is 71.1 cm³/mol. The first-order valence-electron chi connectivity index (χ1n) is 5.84. The molecule has 0 saturated heterocycles. The summed E-state index contributed by atoms with van der Waals surface area (Å²) in [5.74, 6) is -1.43. The van der Waals surface area contributed by atoms with Crippen LogP contribution in [0.5, 0.6) is 17.2 Å². The van der Waals surface area contributed by atoms with E-state index >= 15 is 0 Å². The average molecular weight is 287 g/mol. The summed E-state index contributed by atoms with van der Waals surface area (Å²) >= 11 is 0. The van der Waals surface area contributed by atoms with Gasteiger partial charge in [0.25, 0.3) is 0 Å². The van der Waals surface area contributed by atoms with Crippen LogP contribution in [-0.2, 0) is 0 Å². The Labute approximate surface area is 119 Å². The van der Waals surface area contributed by atoms with Gasteiger partial charge in [-0.3, -0.25) is 0 Å². The molecule has 0 aliphatic rings. The minimum atomic E-state index is -1.11. The highest BCUT2D eigenvalue weighted by Crippen LogP contribution is 2.34. The van der Waals surface area contributed by atoms with Gasteiger partial charge in [0.05, 0.1) is 12.7 Å². The Balaban J connectivity index is 2.43. The molecule has 0 aliphatic heterocycles. The van der Waals surface area contributed by atoms with E-state index in [0.29, 0.717) is 0 Å². The molecular formula is C15H10FNO4. The molecular weight excluding hydrogens is 277 g/mol. The second-order valence-electron chi connectivity index (χ2n) is 4.00. The van der Waals surface area contributed by atoms with E-state index < -0.39 is 11.8 Å². The van der Waals surface area contributed by atoms with Gasteiger partial charge in [0.1, 0.15) is 23.2 Å². The number of hydrogen-bond donors (Lipinski definition) is 1. The first-order valence-corrected chi connectivity index (χ1v) is 5.84. The Morgan fingerprint density at radius 3 is 2.62 bits per heavy atom. The van der Waals surface area contributed by atoms with Crippen LogP contribution in [0.3, 0.4) is 0 Å². The highest BCUT2D eigenvalue weighted by atomic mass is 19.1. The van der Waals surface area contributed by atoms with Crippen LogP contribution in [-0.4, -0.2) is 18.2 Å². The first-order chi connectivity index (χ1) is 10.1. The molecule has 0 aromatic heterocycles. The van der Waals surface area contributed by atoms with Gasteiger partial charge in [0, 0.05) is 0 Å². The predicted octanol–water partition coefficient (Wildman–Crippen LogP) is 3.20. The summed E-state index contributed by atoms with van der Waals surface area (Å²) in [7, 11) is 1.35. The van der Waals surface area contributed by atoms with Crippen LogP contribution in [0, 0.1) is 17.1 Å². The van der Waals surface area contributed by atoms with E-state index in [-0.39, 0.29) is 28.4 Å². The molecule has 0 heterocycles. The van der Waals surface area contributed by atoms with Crippen LogP contribution in [0.1, 0.15) is 15.9 Å². The number of hydrogen-bond acceptors (Lipinski definition) is 4. The van der Waals surface area contributed by atoms with Crippen molar-refractivity contribution >= 4 is 5.97 Å². The molecule has 5 nitrogen and oxygen atoms in total. The van der Waals surface area contributed by atoms with Crippen molar-refractivity contribution in [2.24, 2.45) is 0 Å². The lowest BCUT2D eigenvalue weighted by Gasteiger charge is -2.12. The highest BCUT2D eigenvalue weighted by molar-refractivity contribution is 5.88. The van der Waals surface area contributed by atoms with E-state index in [1.54, 1.807) is 6.07 Å². The lowest BCUT2D eigenvalue weighted by atomic mass is 10.2. The summed E-state index contributed by atoms with van der Waals surface area (Å²) in [6.45, 7) is 0. The summed E-state index contributed by atoms with van der Waals surface area (Å²) in [5, 5.41) is 17.9. The smallest absolute Gasteiger partial charge is 0.335 e. The molecule has 0 spiro atoms. The number of rotatable bonds is 4. The molecule has 2 aromatic rings.